The molecule has 0 radical (unpaired) electrons. The molecule has 2 aliphatic rings. The molecule has 8 aromatic carbocycles. The first-order valence-corrected chi connectivity index (χ1v) is 29.6. The van der Waals surface area contributed by atoms with Crippen LogP contribution < -0.4 is 4.74 Å². The molecule has 452 valence electrons. The summed E-state index contributed by atoms with van der Waals surface area (Å²) in [5.41, 5.74) is 11.8. The Morgan fingerprint density at radius 3 is 1.36 bits per heavy atom. The van der Waals surface area contributed by atoms with Crippen molar-refractivity contribution in [3.8, 4) is 57.2 Å². The average Bonchev–Trinajstić information content (AvgIpc) is 2.01. The van der Waals surface area contributed by atoms with Gasteiger partial charge in [0, 0.05) is 28.8 Å². The van der Waals surface area contributed by atoms with Crippen LogP contribution in [0.5, 0.6) is 34.5 Å². The van der Waals surface area contributed by atoms with Crippen molar-refractivity contribution in [2.75, 3.05) is 6.61 Å². The topological polar surface area (TPSA) is 271 Å². The van der Waals surface area contributed by atoms with Crippen LogP contribution in [0.1, 0.15) is 95.8 Å². The summed E-state index contributed by atoms with van der Waals surface area (Å²) >= 11 is 0. The van der Waals surface area contributed by atoms with E-state index in [4.69, 9.17) is 4.74 Å². The molecule has 14 rings (SSSR count). The van der Waals surface area contributed by atoms with Gasteiger partial charge in [-0.15, -0.1) is 60.0 Å². The molecule has 21 heteroatoms. The molecule has 5 N–H and O–H groups in total. The molecule has 0 spiro atoms. The van der Waals surface area contributed by atoms with E-state index in [9.17, 15) is 35.1 Å². The average molecular weight is 1190 g/mol. The van der Waals surface area contributed by atoms with Crippen molar-refractivity contribution >= 4 is 55.9 Å². The molecule has 0 atom stereocenters. The third-order valence-electron chi connectivity index (χ3n) is 15.5. The van der Waals surface area contributed by atoms with Gasteiger partial charge in [-0.25, -0.2) is 0 Å². The zero-order valence-electron chi connectivity index (χ0n) is 49.9. The molecular formula is C68H67N13O8. The number of amides is 2. The number of phenols is 5. The lowest BCUT2D eigenvalue weighted by atomic mass is 9.80. The molecule has 0 unspecified atom stereocenters. The summed E-state index contributed by atoms with van der Waals surface area (Å²) < 4.78 is 5.33. The van der Waals surface area contributed by atoms with Crippen molar-refractivity contribution in [2.45, 2.75) is 97.9 Å². The summed E-state index contributed by atoms with van der Waals surface area (Å²) in [7, 11) is 0. The lowest BCUT2D eigenvalue weighted by Gasteiger charge is -2.26. The minimum atomic E-state index is -0.308. The highest BCUT2D eigenvalue weighted by atomic mass is 16.5. The predicted molar refractivity (Wildman–Crippen MR) is 338 cm³/mol. The van der Waals surface area contributed by atoms with E-state index >= 15 is 0 Å². The fourth-order valence-electron chi connectivity index (χ4n) is 10.7. The van der Waals surface area contributed by atoms with E-state index in [1.807, 2.05) is 123 Å². The van der Waals surface area contributed by atoms with Crippen LogP contribution in [-0.2, 0) is 21.5 Å². The first-order valence-electron chi connectivity index (χ1n) is 29.6. The van der Waals surface area contributed by atoms with Crippen molar-refractivity contribution in [3.05, 3.63) is 192 Å². The second kappa shape index (κ2) is 25.9. The molecule has 89 heavy (non-hydrogen) atoms. The summed E-state index contributed by atoms with van der Waals surface area (Å²) in [5, 5.41) is 86.1. The van der Waals surface area contributed by atoms with Gasteiger partial charge in [-0.2, -0.15) is 0 Å². The fourth-order valence-corrected chi connectivity index (χ4v) is 10.7. The second-order valence-electron chi connectivity index (χ2n) is 22.4. The molecule has 4 aromatic heterocycles. The van der Waals surface area contributed by atoms with Gasteiger partial charge < -0.3 is 30.3 Å². The van der Waals surface area contributed by atoms with Crippen molar-refractivity contribution < 1.29 is 39.9 Å². The Balaban J connectivity index is 0.000000125. The number of hydrogen-bond acceptors (Lipinski definition) is 16. The van der Waals surface area contributed by atoms with Gasteiger partial charge in [-0.3, -0.25) is 14.5 Å². The monoisotopic (exact) mass is 1190 g/mol. The Bertz CT molecular complexity index is 4440. The first kappa shape index (κ1) is 59.8. The highest BCUT2D eigenvalue weighted by Crippen LogP contribution is 2.38. The Morgan fingerprint density at radius 1 is 0.472 bits per heavy atom. The number of carbonyl (C=O) groups is 2. The van der Waals surface area contributed by atoms with Crippen LogP contribution >= 0.6 is 0 Å². The Labute approximate surface area is 512 Å². The smallest absolute Gasteiger partial charge is 0.257 e. The molecular weight excluding hydrogens is 1130 g/mol. The van der Waals surface area contributed by atoms with Gasteiger partial charge in [0.05, 0.1) is 13.2 Å². The number of fused-ring (bicyclic) bond motifs is 4. The first-order chi connectivity index (χ1) is 43.0. The molecule has 1 aliphatic carbocycles. The van der Waals surface area contributed by atoms with E-state index < -0.39 is 0 Å². The molecule has 0 bridgehead atoms. The summed E-state index contributed by atoms with van der Waals surface area (Å²) in [5.74, 6) is 0.166. The molecule has 5 heterocycles. The number of unbranched alkanes of at least 4 members (excludes halogenated alkanes) is 2. The SMILES string of the molecule is CCCCCC(C)(C)c1ccc(O)c(-n2nc3ccccc3n2)c1.CCOc1ccc(-n2nc3ccccc3n2)c(O)c1.Cc1ccc(O)c(-n2nc3ccccc3n2)c1.O=C1C2=C(CCCC2)C(=O)N1Cc1cc(O)cc(-n2nc3ccccc3n2)c1O. The predicted octanol–water partition coefficient (Wildman–Crippen LogP) is 12.5. The van der Waals surface area contributed by atoms with Gasteiger partial charge in [0.25, 0.3) is 11.8 Å². The Kier molecular flexibility index (Phi) is 17.4. The molecule has 0 fully saturated rings. The maximum absolute atomic E-state index is 12.7. The summed E-state index contributed by atoms with van der Waals surface area (Å²) in [6.07, 6.45) is 7.82. The van der Waals surface area contributed by atoms with Crippen LogP contribution in [0.2, 0.25) is 0 Å². The largest absolute Gasteiger partial charge is 0.508 e. The molecule has 12 aromatic rings. The zero-order valence-corrected chi connectivity index (χ0v) is 49.9. The van der Waals surface area contributed by atoms with Crippen LogP contribution in [0.3, 0.4) is 0 Å². The number of nitrogens with zero attached hydrogens (tertiary/aromatic N) is 13. The molecule has 1 aliphatic heterocycles. The van der Waals surface area contributed by atoms with E-state index in [1.165, 1.54) is 56.1 Å². The number of aromatic nitrogens is 12. The quantitative estimate of drug-likeness (QED) is 0.0408. The Hall–Kier alpha value is -11.0. The van der Waals surface area contributed by atoms with Gasteiger partial charge in [0.2, 0.25) is 0 Å². The van der Waals surface area contributed by atoms with E-state index in [2.05, 4.69) is 61.6 Å². The highest BCUT2D eigenvalue weighted by molar-refractivity contribution is 6.19. The third kappa shape index (κ3) is 13.1. The van der Waals surface area contributed by atoms with Crippen molar-refractivity contribution in [3.63, 3.8) is 0 Å². The van der Waals surface area contributed by atoms with Crippen LogP contribution in [0.25, 0.3) is 66.9 Å². The number of aromatic hydroxyl groups is 5. The summed E-state index contributed by atoms with van der Waals surface area (Å²) in [4.78, 5) is 32.2. The lowest BCUT2D eigenvalue weighted by Crippen LogP contribution is -2.31. The molecule has 2 amide bonds. The van der Waals surface area contributed by atoms with Gasteiger partial charge >= 0.3 is 0 Å². The minimum absolute atomic E-state index is 0.0597. The van der Waals surface area contributed by atoms with E-state index in [0.29, 0.717) is 64.4 Å². The van der Waals surface area contributed by atoms with Crippen LogP contribution in [0.4, 0.5) is 0 Å². The van der Waals surface area contributed by atoms with Crippen molar-refractivity contribution in [1.82, 2.24) is 64.9 Å². The van der Waals surface area contributed by atoms with Gasteiger partial charge in [0.1, 0.15) is 101 Å². The van der Waals surface area contributed by atoms with Crippen LogP contribution in [0.15, 0.2) is 175 Å². The van der Waals surface area contributed by atoms with E-state index in [1.54, 1.807) is 42.5 Å². The van der Waals surface area contributed by atoms with Crippen LogP contribution in [-0.4, -0.2) is 109 Å². The number of aryl methyl sites for hydroxylation is 1. The number of hydrogen-bond donors (Lipinski definition) is 5. The fraction of sp³-hybridized carbons (Fsp3) is 0.235. The van der Waals surface area contributed by atoms with Gasteiger partial charge in [-0.1, -0.05) is 101 Å². The van der Waals surface area contributed by atoms with Crippen LogP contribution in [0, 0.1) is 6.92 Å². The Morgan fingerprint density at radius 2 is 0.910 bits per heavy atom. The molecule has 21 nitrogen and oxygen atoms in total. The highest BCUT2D eigenvalue weighted by Gasteiger charge is 2.39. The standard InChI is InChI=1S/C21H18N4O4.C20H25N3O.C14H13N3O2.C13H11N3O/c26-13-9-12(11-24-20(28)14-5-1-2-6-15(14)21(24)29)19(27)18(10-13)25-22-16-7-3-4-8-17(16)23-25;1-4-5-8-13-20(2,3)15-11-12-19(24)18(14-15)23-21-16-9-6-7-10-17(16)22-23;1-2-19-10-7-8-13(14(18)9-10)17-15-11-5-3-4-6-12(11)16-17;1-9-6-7-13(17)12(8-9)16-14-10-4-2-3-5-11(10)15-16/h3-4,7-10,26-27H,1-2,5-6,11H2;6-7,9-12,14,24H,4-5,8,13H2,1-3H3;3-9,18H,2H2,1H3;2-8,17H,1H3. The number of imide groups is 1. The number of rotatable bonds is 13. The van der Waals surface area contributed by atoms with Gasteiger partial charge in [-0.05, 0) is 153 Å². The maximum Gasteiger partial charge on any atom is 0.257 e. The zero-order chi connectivity index (χ0) is 62.3. The van der Waals surface area contributed by atoms with Crippen molar-refractivity contribution in [1.29, 1.82) is 0 Å². The maximum atomic E-state index is 12.7. The van der Waals surface area contributed by atoms with E-state index in [0.717, 1.165) is 62.8 Å². The van der Waals surface area contributed by atoms with Crippen molar-refractivity contribution in [2.24, 2.45) is 0 Å². The lowest BCUT2D eigenvalue weighted by molar-refractivity contribution is -0.138. The normalized spacial score (nSPS) is 13.1. The number of benzene rings is 8. The molecule has 0 saturated heterocycles. The molecule has 0 saturated carbocycles. The number of carbonyl (C=O) groups excluding carboxylic acids is 2. The van der Waals surface area contributed by atoms with E-state index in [-0.39, 0.29) is 63.8 Å². The summed E-state index contributed by atoms with van der Waals surface area (Å²) in [6.45, 7) is 11.0. The summed E-state index contributed by atoms with van der Waals surface area (Å²) in [6, 6.07) is 49.0. The minimum Gasteiger partial charge on any atom is -0.508 e. The number of phenolic OH excluding ortho intramolecular Hbond substituents is 5. The van der Waals surface area contributed by atoms with Gasteiger partial charge in [0.15, 0.2) is 0 Å². The third-order valence-corrected chi connectivity index (χ3v) is 15.5. The second-order valence-corrected chi connectivity index (χ2v) is 22.4. The number of ether oxygens (including phenoxy) is 1.